The summed E-state index contributed by atoms with van der Waals surface area (Å²) in [6.45, 7) is 2.36. The Morgan fingerprint density at radius 2 is 0.388 bits per heavy atom. The number of carbonyl (C=O) groups is 3. The van der Waals surface area contributed by atoms with Crippen molar-refractivity contribution in [3.8, 4) is 0 Å². The van der Waals surface area contributed by atoms with Crippen molar-refractivity contribution in [3.63, 3.8) is 0 Å². The Labute approximate surface area is 788 Å². The van der Waals surface area contributed by atoms with Crippen LogP contribution in [0.25, 0.3) is 0 Å². The molecule has 0 heterocycles. The fourth-order valence-corrected chi connectivity index (χ4v) is 15.4. The van der Waals surface area contributed by atoms with E-state index >= 15 is 0 Å². The molecule has 4 N–H and O–H groups in total. The second-order valence-electron chi connectivity index (χ2n) is 33.8. The van der Waals surface area contributed by atoms with E-state index in [2.05, 4.69) is 227 Å². The molecule has 0 spiro atoms. The average Bonchev–Trinajstić information content (AvgIpc) is 0.899. The van der Waals surface area contributed by atoms with Gasteiger partial charge in [0.1, 0.15) is 25.4 Å². The van der Waals surface area contributed by atoms with Crippen molar-refractivity contribution in [2.75, 3.05) is 39.6 Å². The first-order chi connectivity index (χ1) is 63.2. The number of allylic oxidation sites excluding steroid dienone is 34. The number of hydrogen-bond donors (Lipinski definition) is 4. The number of phosphoric ester groups is 2. The van der Waals surface area contributed by atoms with E-state index in [1.54, 1.807) is 0 Å². The lowest BCUT2D eigenvalue weighted by atomic mass is 10.0. The predicted molar refractivity (Wildman–Crippen MR) is 546 cm³/mol. The van der Waals surface area contributed by atoms with E-state index in [0.29, 0.717) is 19.3 Å². The summed E-state index contributed by atoms with van der Waals surface area (Å²) >= 11 is 0. The van der Waals surface area contributed by atoms with E-state index in [4.69, 9.17) is 32.3 Å². The topological polar surface area (TPSA) is 231 Å². The van der Waals surface area contributed by atoms with E-state index in [1.165, 1.54) is 186 Å². The lowest BCUT2D eigenvalue weighted by Gasteiger charge is -2.21. The molecule has 18 heteroatoms. The van der Waals surface area contributed by atoms with Gasteiger partial charge in [0.2, 0.25) is 0 Å². The first-order valence-corrected chi connectivity index (χ1v) is 54.4. The highest BCUT2D eigenvalue weighted by Crippen LogP contribution is 2.45. The maximum atomic E-state index is 13.1. The third kappa shape index (κ3) is 102. The van der Waals surface area contributed by atoms with Gasteiger partial charge in [-0.25, -0.2) is 9.13 Å². The lowest BCUT2D eigenvalue weighted by Crippen LogP contribution is -2.30. The Hall–Kier alpha value is -5.87. The van der Waals surface area contributed by atoms with Gasteiger partial charge in [-0.05, 0) is 167 Å². The molecule has 16 nitrogen and oxygen atoms in total. The highest BCUT2D eigenvalue weighted by Gasteiger charge is 2.30. The number of phosphoric acid groups is 2. The van der Waals surface area contributed by atoms with Gasteiger partial charge in [0.05, 0.1) is 26.4 Å². The SMILES string of the molecule is CC/C=C\C/C=C\C/C=C\C/C=C\C/C=C\C/C=C\CCCCCCCCCCCCCCCCCCC(=O)OCC(O)COP(=O)(O)OCC(O)COP(=O)(O)OCC(COC(=O)CCCCCCCCCCCCCCCCCCCCC/C=C\C/C=C\C/C=C\C/C=C\C/C=C\CC)OC(=O)CCCCCC/C=C\C/C=C\C/C=C\C/C=C\C/C=C\C/C=C\CC. The Kier molecular flexibility index (Phi) is 96.5. The number of aliphatic hydroxyl groups excluding tert-OH is 2. The van der Waals surface area contributed by atoms with E-state index in [0.717, 1.165) is 173 Å². The van der Waals surface area contributed by atoms with Crippen LogP contribution in [0.2, 0.25) is 0 Å². The van der Waals surface area contributed by atoms with Gasteiger partial charge in [0, 0.05) is 19.3 Å². The third-order valence-corrected chi connectivity index (χ3v) is 23.4. The van der Waals surface area contributed by atoms with Gasteiger partial charge in [-0.2, -0.15) is 0 Å². The molecule has 0 aromatic carbocycles. The fraction of sp³-hybridized carbons (Fsp3) is 0.667. The summed E-state index contributed by atoms with van der Waals surface area (Å²) in [7, 11) is -9.83. The third-order valence-electron chi connectivity index (χ3n) is 21.5. The summed E-state index contributed by atoms with van der Waals surface area (Å²) in [5.41, 5.74) is 0. The number of rotatable bonds is 96. The highest BCUT2D eigenvalue weighted by atomic mass is 31.2. The van der Waals surface area contributed by atoms with Crippen LogP contribution in [0.5, 0.6) is 0 Å². The van der Waals surface area contributed by atoms with Crippen molar-refractivity contribution in [2.24, 2.45) is 0 Å². The summed E-state index contributed by atoms with van der Waals surface area (Å²) in [4.78, 5) is 59.2. The number of ether oxygens (including phenoxy) is 3. The van der Waals surface area contributed by atoms with Crippen LogP contribution < -0.4 is 0 Å². The maximum Gasteiger partial charge on any atom is 0.472 e. The minimum atomic E-state index is -4.96. The van der Waals surface area contributed by atoms with Crippen LogP contribution in [0.15, 0.2) is 207 Å². The highest BCUT2D eigenvalue weighted by molar-refractivity contribution is 7.47. The van der Waals surface area contributed by atoms with E-state index in [-0.39, 0.29) is 19.3 Å². The number of esters is 3. The normalized spacial score (nSPS) is 14.5. The largest absolute Gasteiger partial charge is 0.472 e. The zero-order valence-corrected chi connectivity index (χ0v) is 83.3. The second-order valence-corrected chi connectivity index (χ2v) is 36.8. The first-order valence-electron chi connectivity index (χ1n) is 51.4. The molecule has 0 rings (SSSR count). The van der Waals surface area contributed by atoms with E-state index < -0.39 is 91.5 Å². The molecule has 736 valence electrons. The van der Waals surface area contributed by atoms with Crippen molar-refractivity contribution < 1.29 is 75.8 Å². The molecule has 5 unspecified atom stereocenters. The molecule has 0 fully saturated rings. The van der Waals surface area contributed by atoms with Crippen molar-refractivity contribution in [1.82, 2.24) is 0 Å². The molecule has 0 aromatic rings. The van der Waals surface area contributed by atoms with Gasteiger partial charge in [0.25, 0.3) is 0 Å². The number of aliphatic hydroxyl groups is 2. The van der Waals surface area contributed by atoms with Crippen molar-refractivity contribution >= 4 is 33.6 Å². The predicted octanol–water partition coefficient (Wildman–Crippen LogP) is 32.7. The molecule has 0 aliphatic heterocycles. The summed E-state index contributed by atoms with van der Waals surface area (Å²) in [6, 6.07) is 0. The molecule has 0 saturated heterocycles. The number of hydrogen-bond acceptors (Lipinski definition) is 14. The van der Waals surface area contributed by atoms with Gasteiger partial charge in [-0.15, -0.1) is 0 Å². The van der Waals surface area contributed by atoms with E-state index in [9.17, 15) is 43.5 Å². The van der Waals surface area contributed by atoms with Crippen LogP contribution >= 0.6 is 15.6 Å². The van der Waals surface area contributed by atoms with Crippen LogP contribution in [0.3, 0.4) is 0 Å². The molecule has 129 heavy (non-hydrogen) atoms. The Bertz CT molecular complexity index is 3180. The fourth-order valence-electron chi connectivity index (χ4n) is 13.8. The van der Waals surface area contributed by atoms with Crippen molar-refractivity contribution in [3.05, 3.63) is 207 Å². The Morgan fingerprint density at radius 3 is 0.612 bits per heavy atom. The summed E-state index contributed by atoms with van der Waals surface area (Å²) in [5, 5.41) is 20.8. The average molecular weight is 1840 g/mol. The summed E-state index contributed by atoms with van der Waals surface area (Å²) in [6.07, 6.45) is 138. The molecular formula is C111H186O16P2. The summed E-state index contributed by atoms with van der Waals surface area (Å²) < 4.78 is 61.6. The van der Waals surface area contributed by atoms with Gasteiger partial charge in [-0.1, -0.05) is 439 Å². The van der Waals surface area contributed by atoms with Crippen LogP contribution in [0.1, 0.15) is 419 Å². The van der Waals surface area contributed by atoms with Gasteiger partial charge >= 0.3 is 33.6 Å². The molecule has 0 bridgehead atoms. The van der Waals surface area contributed by atoms with Gasteiger partial charge in [0.15, 0.2) is 6.10 Å². The molecule has 5 atom stereocenters. The minimum absolute atomic E-state index is 0.0705. The quantitative estimate of drug-likeness (QED) is 0.0146. The van der Waals surface area contributed by atoms with Crippen molar-refractivity contribution in [2.45, 2.75) is 437 Å². The number of carbonyl (C=O) groups excluding carboxylic acids is 3. The Balaban J connectivity index is 4.57. The Morgan fingerprint density at radius 1 is 0.217 bits per heavy atom. The van der Waals surface area contributed by atoms with Crippen LogP contribution in [-0.2, 0) is 55.8 Å². The minimum Gasteiger partial charge on any atom is -0.463 e. The van der Waals surface area contributed by atoms with Gasteiger partial charge in [-0.3, -0.25) is 32.5 Å². The second kappa shape index (κ2) is 101. The monoisotopic (exact) mass is 1840 g/mol. The zero-order valence-electron chi connectivity index (χ0n) is 81.5. The van der Waals surface area contributed by atoms with Crippen LogP contribution in [0.4, 0.5) is 0 Å². The molecule has 0 aliphatic rings. The molecular weight excluding hydrogens is 1650 g/mol. The lowest BCUT2D eigenvalue weighted by molar-refractivity contribution is -0.161. The van der Waals surface area contributed by atoms with Gasteiger partial charge < -0.3 is 34.2 Å². The van der Waals surface area contributed by atoms with E-state index in [1.807, 2.05) is 0 Å². The smallest absolute Gasteiger partial charge is 0.463 e. The molecule has 0 radical (unpaired) electrons. The first kappa shape index (κ1) is 123. The molecule has 0 amide bonds. The standard InChI is InChI=1S/C111H186O16P2/c1-4-7-10-13-16-19-22-25-28-31-34-37-40-42-44-46-48-50-52-54-56-58-60-62-65-67-70-73-76-79-82-85-88-91-94-97-109(114)121-100-106(112)101-123-128(117,118)124-102-107(113)103-125-129(119,120)126-105-108(127-111(116)99-96-93-90-87-84-81-78-75-72-69-64-39-36-33-30-27-24-21-18-15-12-9-6-3)104-122-110(115)98-95-92-89-86-83-80-77-74-71-68-66-63-61-59-57-55-53-51-49-47-45-43-41-38-35-32-29-26-23-20-17-14-11-8-5-2/h7-12,16-21,25-30,34-39,42-45,48,50,69,72,78,81,106-108,112-113H,4-6,13-15,22-24,31-33,40-41,46-47,49,51-68,70-71,73-77,79-80,82-105H2,1-3H3,(H,117,118)(H,119,120)/b10-7-,11-8-,12-9-,19-16-,20-17-,21-18-,28-25-,29-26-,30-27-,37-34-,38-35-,39-36-,44-42-,45-43-,50-48-,72-69-,81-78-. The summed E-state index contributed by atoms with van der Waals surface area (Å²) in [5.74, 6) is -1.59. The zero-order chi connectivity index (χ0) is 93.5. The number of unbranched alkanes of at least 4 members (excludes halogenated alkanes) is 39. The van der Waals surface area contributed by atoms with Crippen LogP contribution in [-0.4, -0.2) is 95.9 Å². The van der Waals surface area contributed by atoms with Crippen LogP contribution in [0, 0.1) is 0 Å². The van der Waals surface area contributed by atoms with Crippen molar-refractivity contribution in [1.29, 1.82) is 0 Å². The maximum absolute atomic E-state index is 13.1. The molecule has 0 aliphatic carbocycles. The molecule has 0 aromatic heterocycles. The molecule has 0 saturated carbocycles.